The van der Waals surface area contributed by atoms with E-state index in [1.165, 1.54) is 0 Å². The van der Waals surface area contributed by atoms with Gasteiger partial charge >= 0.3 is 0 Å². The van der Waals surface area contributed by atoms with Gasteiger partial charge in [0.05, 0.1) is 46.0 Å². The van der Waals surface area contributed by atoms with Crippen molar-refractivity contribution in [2.45, 2.75) is 20.3 Å². The predicted octanol–water partition coefficient (Wildman–Crippen LogP) is 4.55. The minimum absolute atomic E-state index is 0.0260. The second-order valence-corrected chi connectivity index (χ2v) is 7.91. The summed E-state index contributed by atoms with van der Waals surface area (Å²) in [7, 11) is 0. The smallest absolute Gasteiger partial charge is 0.224 e. The first-order chi connectivity index (χ1) is 15.1. The Kier molecular flexibility index (Phi) is 4.66. The third-order valence-corrected chi connectivity index (χ3v) is 5.00. The molecular formula is C23H21N7O. The van der Waals surface area contributed by atoms with Crippen molar-refractivity contribution in [2.24, 2.45) is 5.92 Å². The molecule has 8 heteroatoms. The topological polar surface area (TPSA) is 112 Å². The maximum absolute atomic E-state index is 12.1. The average Bonchev–Trinajstić information content (AvgIpc) is 3.36. The normalized spacial score (nSPS) is 11.5. The van der Waals surface area contributed by atoms with E-state index in [9.17, 15) is 4.79 Å². The minimum Gasteiger partial charge on any atom is -0.352 e. The zero-order chi connectivity index (χ0) is 21.4. The summed E-state index contributed by atoms with van der Waals surface area (Å²) in [5.41, 5.74) is 6.57. The summed E-state index contributed by atoms with van der Waals surface area (Å²) < 4.78 is 0. The van der Waals surface area contributed by atoms with Gasteiger partial charge in [0.1, 0.15) is 5.69 Å². The molecule has 5 aromatic rings. The van der Waals surface area contributed by atoms with E-state index in [0.29, 0.717) is 18.0 Å². The number of hydrogen-bond donors (Lipinski definition) is 3. The lowest BCUT2D eigenvalue weighted by Crippen LogP contribution is -2.13. The number of nitrogens with one attached hydrogen (secondary N) is 3. The molecule has 0 aliphatic heterocycles. The first-order valence-corrected chi connectivity index (χ1v) is 10.1. The number of hydrogen-bond acceptors (Lipinski definition) is 5. The van der Waals surface area contributed by atoms with Crippen molar-refractivity contribution >= 4 is 33.5 Å². The molecule has 0 unspecified atom stereocenters. The first kappa shape index (κ1) is 18.9. The lowest BCUT2D eigenvalue weighted by atomic mass is 10.1. The number of nitrogens with zero attached hydrogens (tertiary/aromatic N) is 4. The van der Waals surface area contributed by atoms with Crippen molar-refractivity contribution in [2.75, 3.05) is 5.32 Å². The predicted molar refractivity (Wildman–Crippen MR) is 120 cm³/mol. The zero-order valence-corrected chi connectivity index (χ0v) is 17.2. The maximum Gasteiger partial charge on any atom is 0.224 e. The van der Waals surface area contributed by atoms with E-state index in [2.05, 4.69) is 35.5 Å². The molecule has 0 aromatic carbocycles. The van der Waals surface area contributed by atoms with Crippen LogP contribution in [0.5, 0.6) is 0 Å². The number of carbonyl (C=O) groups is 1. The van der Waals surface area contributed by atoms with Crippen LogP contribution in [0.2, 0.25) is 0 Å². The van der Waals surface area contributed by atoms with Gasteiger partial charge < -0.3 is 10.3 Å². The Morgan fingerprint density at radius 2 is 2.00 bits per heavy atom. The zero-order valence-electron chi connectivity index (χ0n) is 17.2. The molecule has 31 heavy (non-hydrogen) atoms. The third-order valence-electron chi connectivity index (χ3n) is 5.00. The molecule has 0 bridgehead atoms. The second-order valence-electron chi connectivity index (χ2n) is 7.91. The fraction of sp³-hybridized carbons (Fsp3) is 0.174. The van der Waals surface area contributed by atoms with E-state index in [1.807, 2.05) is 44.2 Å². The van der Waals surface area contributed by atoms with Crippen LogP contribution in [0.3, 0.4) is 0 Å². The molecule has 0 saturated carbocycles. The van der Waals surface area contributed by atoms with E-state index in [1.54, 1.807) is 24.8 Å². The van der Waals surface area contributed by atoms with Crippen LogP contribution in [0.4, 0.5) is 5.69 Å². The number of anilines is 1. The number of H-pyrrole nitrogens is 2. The number of carbonyl (C=O) groups excluding carboxylic acids is 1. The van der Waals surface area contributed by atoms with Gasteiger partial charge in [0.2, 0.25) is 5.91 Å². The minimum atomic E-state index is -0.0260. The Morgan fingerprint density at radius 3 is 2.84 bits per heavy atom. The van der Waals surface area contributed by atoms with E-state index in [0.717, 1.165) is 44.6 Å². The number of amides is 1. The Bertz CT molecular complexity index is 1370. The Labute approximate surface area is 178 Å². The quantitative estimate of drug-likeness (QED) is 0.393. The molecule has 0 radical (unpaired) electrons. The first-order valence-electron chi connectivity index (χ1n) is 10.1. The van der Waals surface area contributed by atoms with E-state index in [-0.39, 0.29) is 5.91 Å². The largest absolute Gasteiger partial charge is 0.352 e. The molecule has 5 heterocycles. The molecule has 0 fully saturated rings. The van der Waals surface area contributed by atoms with Crippen LogP contribution in [-0.2, 0) is 4.79 Å². The summed E-state index contributed by atoms with van der Waals surface area (Å²) in [6.07, 6.45) is 7.36. The van der Waals surface area contributed by atoms with Crippen LogP contribution in [0.1, 0.15) is 20.3 Å². The highest BCUT2D eigenvalue weighted by atomic mass is 16.1. The lowest BCUT2D eigenvalue weighted by Gasteiger charge is -2.08. The second kappa shape index (κ2) is 7.64. The van der Waals surface area contributed by atoms with Crippen LogP contribution in [0, 0.1) is 5.92 Å². The third kappa shape index (κ3) is 3.75. The Hall–Kier alpha value is -4.07. The molecule has 0 atom stereocenters. The molecular weight excluding hydrogens is 390 g/mol. The maximum atomic E-state index is 12.1. The number of aromatic nitrogens is 6. The highest BCUT2D eigenvalue weighted by molar-refractivity contribution is 5.96. The van der Waals surface area contributed by atoms with E-state index in [4.69, 9.17) is 0 Å². The van der Waals surface area contributed by atoms with Gasteiger partial charge in [-0.1, -0.05) is 13.8 Å². The van der Waals surface area contributed by atoms with Crippen molar-refractivity contribution in [1.82, 2.24) is 30.1 Å². The molecule has 8 nitrogen and oxygen atoms in total. The molecule has 3 N–H and O–H groups in total. The van der Waals surface area contributed by atoms with Crippen molar-refractivity contribution in [3.63, 3.8) is 0 Å². The standard InChI is InChI=1S/C23H21N7O/c1-13(2)6-22(31)27-15-7-14(10-24-11-15)18-8-16-21(12-26-18)29-30-23(16)20-9-19-17(28-20)4-3-5-25-19/h3-5,7-13,28H,6H2,1-2H3,(H,27,31)(H,29,30). The van der Waals surface area contributed by atoms with Gasteiger partial charge in [0, 0.05) is 29.8 Å². The van der Waals surface area contributed by atoms with Gasteiger partial charge in [-0.3, -0.25) is 24.8 Å². The van der Waals surface area contributed by atoms with Crippen LogP contribution in [0.25, 0.3) is 44.6 Å². The van der Waals surface area contributed by atoms with Crippen molar-refractivity contribution < 1.29 is 4.79 Å². The van der Waals surface area contributed by atoms with Crippen LogP contribution in [0.15, 0.2) is 55.1 Å². The van der Waals surface area contributed by atoms with Gasteiger partial charge in [0.25, 0.3) is 0 Å². The van der Waals surface area contributed by atoms with Gasteiger partial charge in [-0.05, 0) is 36.2 Å². The molecule has 5 rings (SSSR count). The number of aromatic amines is 2. The average molecular weight is 411 g/mol. The number of pyridine rings is 3. The molecule has 0 spiro atoms. The highest BCUT2D eigenvalue weighted by Crippen LogP contribution is 2.30. The fourth-order valence-corrected chi connectivity index (χ4v) is 3.59. The summed E-state index contributed by atoms with van der Waals surface area (Å²) >= 11 is 0. The summed E-state index contributed by atoms with van der Waals surface area (Å²) in [5, 5.41) is 11.4. The monoisotopic (exact) mass is 411 g/mol. The summed E-state index contributed by atoms with van der Waals surface area (Å²) in [6, 6.07) is 9.72. The summed E-state index contributed by atoms with van der Waals surface area (Å²) in [6.45, 7) is 4.03. The molecule has 1 amide bonds. The van der Waals surface area contributed by atoms with Crippen molar-refractivity contribution in [1.29, 1.82) is 0 Å². The van der Waals surface area contributed by atoms with Crippen LogP contribution < -0.4 is 5.32 Å². The van der Waals surface area contributed by atoms with Gasteiger partial charge in [-0.2, -0.15) is 5.10 Å². The van der Waals surface area contributed by atoms with Crippen LogP contribution >= 0.6 is 0 Å². The van der Waals surface area contributed by atoms with Crippen molar-refractivity contribution in [3.8, 4) is 22.6 Å². The summed E-state index contributed by atoms with van der Waals surface area (Å²) in [5.74, 6) is 0.265. The van der Waals surface area contributed by atoms with E-state index >= 15 is 0 Å². The van der Waals surface area contributed by atoms with E-state index < -0.39 is 0 Å². The molecule has 0 aliphatic carbocycles. The fourth-order valence-electron chi connectivity index (χ4n) is 3.59. The lowest BCUT2D eigenvalue weighted by molar-refractivity contribution is -0.116. The summed E-state index contributed by atoms with van der Waals surface area (Å²) in [4.78, 5) is 28.7. The SMILES string of the molecule is CC(C)CC(=O)Nc1cncc(-c2cc3c(-c4cc5ncccc5[nH]4)n[nH]c3cn2)c1. The van der Waals surface area contributed by atoms with Crippen molar-refractivity contribution in [3.05, 3.63) is 55.1 Å². The molecule has 0 aliphatic rings. The Balaban J connectivity index is 1.51. The Morgan fingerprint density at radius 1 is 1.10 bits per heavy atom. The molecule has 5 aromatic heterocycles. The number of fused-ring (bicyclic) bond motifs is 2. The van der Waals surface area contributed by atoms with Crippen LogP contribution in [-0.4, -0.2) is 36.0 Å². The number of rotatable bonds is 5. The highest BCUT2D eigenvalue weighted by Gasteiger charge is 2.14. The molecule has 0 saturated heterocycles. The van der Waals surface area contributed by atoms with Gasteiger partial charge in [-0.25, -0.2) is 0 Å². The van der Waals surface area contributed by atoms with Gasteiger partial charge in [0.15, 0.2) is 0 Å². The van der Waals surface area contributed by atoms with Gasteiger partial charge in [-0.15, -0.1) is 0 Å². The molecule has 154 valence electrons.